The zero-order valence-electron chi connectivity index (χ0n) is 10.5. The highest BCUT2D eigenvalue weighted by atomic mass is 79.9. The summed E-state index contributed by atoms with van der Waals surface area (Å²) in [6.45, 7) is 0.711. The second-order valence-corrected chi connectivity index (χ2v) is 6.52. The maximum Gasteiger partial charge on any atom is 0.123 e. The molecular formula is C15H12BrCl2NO. The molecule has 0 aromatic heterocycles. The SMILES string of the molecule is Clc1cc(Cl)cc(NCC2Cc3cc(Br)ccc3O2)c1. The molecule has 0 fully saturated rings. The predicted octanol–water partition coefficient (Wildman–Crippen LogP) is 5.17. The largest absolute Gasteiger partial charge is 0.488 e. The lowest BCUT2D eigenvalue weighted by Crippen LogP contribution is -2.23. The number of hydrogen-bond acceptors (Lipinski definition) is 2. The maximum atomic E-state index is 5.98. The van der Waals surface area contributed by atoms with Crippen LogP contribution in [0.3, 0.4) is 0 Å². The third-order valence-electron chi connectivity index (χ3n) is 3.16. The van der Waals surface area contributed by atoms with Gasteiger partial charge in [-0.25, -0.2) is 0 Å². The summed E-state index contributed by atoms with van der Waals surface area (Å²) in [5.41, 5.74) is 2.14. The smallest absolute Gasteiger partial charge is 0.123 e. The van der Waals surface area contributed by atoms with Crippen molar-refractivity contribution >= 4 is 44.8 Å². The third-order valence-corrected chi connectivity index (χ3v) is 4.09. The second kappa shape index (κ2) is 5.84. The van der Waals surface area contributed by atoms with Gasteiger partial charge in [0.1, 0.15) is 11.9 Å². The van der Waals surface area contributed by atoms with Crippen LogP contribution in [0.4, 0.5) is 5.69 Å². The van der Waals surface area contributed by atoms with Gasteiger partial charge in [0.05, 0.1) is 6.54 Å². The summed E-state index contributed by atoms with van der Waals surface area (Å²) in [5.74, 6) is 0.962. The first kappa shape index (κ1) is 14.1. The van der Waals surface area contributed by atoms with Gasteiger partial charge in [0.25, 0.3) is 0 Å². The van der Waals surface area contributed by atoms with Gasteiger partial charge in [0.15, 0.2) is 0 Å². The fourth-order valence-corrected chi connectivity index (χ4v) is 3.22. The summed E-state index contributed by atoms with van der Waals surface area (Å²) in [6, 6.07) is 11.5. The van der Waals surface area contributed by atoms with Crippen LogP contribution >= 0.6 is 39.1 Å². The van der Waals surface area contributed by atoms with Gasteiger partial charge in [0.2, 0.25) is 0 Å². The number of halogens is 3. The van der Waals surface area contributed by atoms with Crippen molar-refractivity contribution in [3.8, 4) is 5.75 Å². The molecule has 1 N–H and O–H groups in total. The van der Waals surface area contributed by atoms with Crippen molar-refractivity contribution in [3.63, 3.8) is 0 Å². The van der Waals surface area contributed by atoms with Gasteiger partial charge >= 0.3 is 0 Å². The Morgan fingerprint density at radius 1 is 1.15 bits per heavy atom. The Bertz CT molecular complexity index is 628. The fourth-order valence-electron chi connectivity index (χ4n) is 2.29. The van der Waals surface area contributed by atoms with E-state index in [-0.39, 0.29) is 6.10 Å². The molecule has 0 saturated carbocycles. The molecule has 1 heterocycles. The standard InChI is InChI=1S/C15H12BrCl2NO/c16-10-1-2-15-9(3-10)4-14(20-15)8-19-13-6-11(17)5-12(18)7-13/h1-3,5-7,14,19H,4,8H2. The molecule has 0 saturated heterocycles. The topological polar surface area (TPSA) is 21.3 Å². The number of anilines is 1. The van der Waals surface area contributed by atoms with Crippen LogP contribution in [0.25, 0.3) is 0 Å². The van der Waals surface area contributed by atoms with Crippen molar-refractivity contribution in [2.24, 2.45) is 0 Å². The first-order valence-electron chi connectivity index (χ1n) is 6.25. The van der Waals surface area contributed by atoms with E-state index in [1.165, 1.54) is 5.56 Å². The first-order valence-corrected chi connectivity index (χ1v) is 7.80. The maximum absolute atomic E-state index is 5.98. The molecule has 3 rings (SSSR count). The molecule has 1 aliphatic heterocycles. The van der Waals surface area contributed by atoms with Crippen molar-refractivity contribution in [2.45, 2.75) is 12.5 Å². The Hall–Kier alpha value is -0.900. The molecule has 20 heavy (non-hydrogen) atoms. The quantitative estimate of drug-likeness (QED) is 0.802. The van der Waals surface area contributed by atoms with Gasteiger partial charge < -0.3 is 10.1 Å². The number of hydrogen-bond donors (Lipinski definition) is 1. The Labute approximate surface area is 136 Å². The average Bonchev–Trinajstić information content (AvgIpc) is 2.77. The second-order valence-electron chi connectivity index (χ2n) is 4.74. The van der Waals surface area contributed by atoms with Gasteiger partial charge in [-0.1, -0.05) is 39.1 Å². The molecule has 0 spiro atoms. The number of ether oxygens (including phenoxy) is 1. The number of nitrogens with one attached hydrogen (secondary N) is 1. The lowest BCUT2D eigenvalue weighted by Gasteiger charge is -2.13. The highest BCUT2D eigenvalue weighted by molar-refractivity contribution is 9.10. The molecule has 1 aliphatic rings. The summed E-state index contributed by atoms with van der Waals surface area (Å²) in [5, 5.41) is 4.56. The van der Waals surface area contributed by atoms with E-state index < -0.39 is 0 Å². The highest BCUT2D eigenvalue weighted by Crippen LogP contribution is 2.31. The normalized spacial score (nSPS) is 16.6. The van der Waals surface area contributed by atoms with Crippen molar-refractivity contribution in [2.75, 3.05) is 11.9 Å². The Morgan fingerprint density at radius 2 is 1.90 bits per heavy atom. The molecule has 5 heteroatoms. The Balaban J connectivity index is 1.63. The van der Waals surface area contributed by atoms with E-state index in [0.29, 0.717) is 16.6 Å². The minimum absolute atomic E-state index is 0.122. The molecule has 104 valence electrons. The summed E-state index contributed by atoms with van der Waals surface area (Å²) in [6.07, 6.45) is 1.02. The summed E-state index contributed by atoms with van der Waals surface area (Å²) >= 11 is 15.4. The Morgan fingerprint density at radius 3 is 2.65 bits per heavy atom. The summed E-state index contributed by atoms with van der Waals surface area (Å²) in [4.78, 5) is 0. The van der Waals surface area contributed by atoms with Crippen LogP contribution in [0.2, 0.25) is 10.0 Å². The lowest BCUT2D eigenvalue weighted by atomic mass is 10.1. The van der Waals surface area contributed by atoms with Crippen LogP contribution in [-0.2, 0) is 6.42 Å². The van der Waals surface area contributed by atoms with Crippen LogP contribution in [0, 0.1) is 0 Å². The van der Waals surface area contributed by atoms with Crippen molar-refractivity contribution in [1.82, 2.24) is 0 Å². The zero-order chi connectivity index (χ0) is 14.1. The number of rotatable bonds is 3. The van der Waals surface area contributed by atoms with Gasteiger partial charge in [-0.15, -0.1) is 0 Å². The highest BCUT2D eigenvalue weighted by Gasteiger charge is 2.22. The monoisotopic (exact) mass is 371 g/mol. The van der Waals surface area contributed by atoms with E-state index in [1.54, 1.807) is 6.07 Å². The minimum Gasteiger partial charge on any atom is -0.488 e. The molecule has 1 unspecified atom stereocenters. The van der Waals surface area contributed by atoms with Crippen molar-refractivity contribution < 1.29 is 4.74 Å². The molecule has 0 amide bonds. The van der Waals surface area contributed by atoms with E-state index in [4.69, 9.17) is 27.9 Å². The van der Waals surface area contributed by atoms with Crippen molar-refractivity contribution in [3.05, 3.63) is 56.5 Å². The minimum atomic E-state index is 0.122. The molecule has 0 radical (unpaired) electrons. The molecule has 0 aliphatic carbocycles. The number of benzene rings is 2. The van der Waals surface area contributed by atoms with Crippen LogP contribution in [0.1, 0.15) is 5.56 Å². The van der Waals surface area contributed by atoms with E-state index in [2.05, 4.69) is 27.3 Å². The third kappa shape index (κ3) is 3.22. The summed E-state index contributed by atoms with van der Waals surface area (Å²) in [7, 11) is 0. The van der Waals surface area contributed by atoms with Crippen LogP contribution in [0.15, 0.2) is 40.9 Å². The van der Waals surface area contributed by atoms with Gasteiger partial charge in [-0.2, -0.15) is 0 Å². The predicted molar refractivity (Wildman–Crippen MR) is 87.2 cm³/mol. The van der Waals surface area contributed by atoms with E-state index in [1.807, 2.05) is 24.3 Å². The molecule has 2 aromatic rings. The fraction of sp³-hybridized carbons (Fsp3) is 0.200. The molecule has 2 aromatic carbocycles. The van der Waals surface area contributed by atoms with E-state index >= 15 is 0 Å². The van der Waals surface area contributed by atoms with Crippen molar-refractivity contribution in [1.29, 1.82) is 0 Å². The first-order chi connectivity index (χ1) is 9.60. The van der Waals surface area contributed by atoms with Gasteiger partial charge in [0, 0.05) is 26.6 Å². The molecular weight excluding hydrogens is 361 g/mol. The van der Waals surface area contributed by atoms with Crippen LogP contribution < -0.4 is 10.1 Å². The molecule has 0 bridgehead atoms. The molecule has 2 nitrogen and oxygen atoms in total. The molecule has 1 atom stereocenters. The number of fused-ring (bicyclic) bond motifs is 1. The lowest BCUT2D eigenvalue weighted by molar-refractivity contribution is 0.246. The van der Waals surface area contributed by atoms with E-state index in [9.17, 15) is 0 Å². The van der Waals surface area contributed by atoms with Gasteiger partial charge in [-0.05, 0) is 42.0 Å². The summed E-state index contributed by atoms with van der Waals surface area (Å²) < 4.78 is 6.97. The van der Waals surface area contributed by atoms with Crippen LogP contribution in [-0.4, -0.2) is 12.6 Å². The Kier molecular flexibility index (Phi) is 4.11. The van der Waals surface area contributed by atoms with E-state index in [0.717, 1.165) is 22.3 Å². The van der Waals surface area contributed by atoms with Gasteiger partial charge in [-0.3, -0.25) is 0 Å². The average molecular weight is 373 g/mol. The van der Waals surface area contributed by atoms with Crippen LogP contribution in [0.5, 0.6) is 5.75 Å². The zero-order valence-corrected chi connectivity index (χ0v) is 13.6.